The van der Waals surface area contributed by atoms with Crippen molar-refractivity contribution < 1.29 is 10.2 Å². The van der Waals surface area contributed by atoms with Crippen molar-refractivity contribution in [3.63, 3.8) is 0 Å². The van der Waals surface area contributed by atoms with E-state index in [0.717, 1.165) is 5.56 Å². The minimum absolute atomic E-state index is 0.163. The zero-order chi connectivity index (χ0) is 11.3. The number of aromatic nitrogens is 1. The van der Waals surface area contributed by atoms with Crippen LogP contribution in [0.5, 0.6) is 0 Å². The Morgan fingerprint density at radius 3 is 2.47 bits per heavy atom. The van der Waals surface area contributed by atoms with E-state index in [-0.39, 0.29) is 13.2 Å². The largest absolute Gasteiger partial charge is 0.394 e. The van der Waals surface area contributed by atoms with E-state index in [1.165, 1.54) is 0 Å². The van der Waals surface area contributed by atoms with Crippen molar-refractivity contribution >= 4 is 5.82 Å². The van der Waals surface area contributed by atoms with Crippen LogP contribution in [0.3, 0.4) is 0 Å². The molecule has 0 spiro atoms. The Morgan fingerprint density at radius 2 is 2.07 bits per heavy atom. The number of rotatable bonds is 5. The standard InChI is InChI=1S/C10H17N3O2/c1-10(6-14,7-15)13-9-3-2-8(4-11)5-12-9/h2-3,5,14-15H,4,6-7,11H2,1H3,(H,12,13). The summed E-state index contributed by atoms with van der Waals surface area (Å²) in [5, 5.41) is 21.1. The molecule has 0 atom stereocenters. The Bertz CT molecular complexity index is 296. The first-order valence-corrected chi connectivity index (χ1v) is 4.78. The number of hydrogen-bond donors (Lipinski definition) is 4. The predicted molar refractivity (Wildman–Crippen MR) is 58.3 cm³/mol. The monoisotopic (exact) mass is 211 g/mol. The van der Waals surface area contributed by atoms with Crippen molar-refractivity contribution in [1.29, 1.82) is 0 Å². The molecular formula is C10H17N3O2. The smallest absolute Gasteiger partial charge is 0.126 e. The van der Waals surface area contributed by atoms with Crippen molar-refractivity contribution in [3.8, 4) is 0 Å². The van der Waals surface area contributed by atoms with Crippen LogP contribution in [-0.2, 0) is 6.54 Å². The molecule has 5 N–H and O–H groups in total. The highest BCUT2D eigenvalue weighted by Crippen LogP contribution is 2.12. The van der Waals surface area contributed by atoms with Crippen LogP contribution in [0.15, 0.2) is 18.3 Å². The van der Waals surface area contributed by atoms with E-state index in [1.807, 2.05) is 6.07 Å². The summed E-state index contributed by atoms with van der Waals surface area (Å²) in [7, 11) is 0. The predicted octanol–water partition coefficient (Wildman–Crippen LogP) is -0.305. The SMILES string of the molecule is CC(CO)(CO)Nc1ccc(CN)cn1. The fourth-order valence-corrected chi connectivity index (χ4v) is 1.06. The zero-order valence-corrected chi connectivity index (χ0v) is 8.77. The normalized spacial score (nSPS) is 11.5. The lowest BCUT2D eigenvalue weighted by Crippen LogP contribution is -2.42. The molecule has 84 valence electrons. The van der Waals surface area contributed by atoms with Crippen molar-refractivity contribution in [2.24, 2.45) is 5.73 Å². The first kappa shape index (κ1) is 11.9. The van der Waals surface area contributed by atoms with Crippen molar-refractivity contribution in [2.45, 2.75) is 19.0 Å². The minimum Gasteiger partial charge on any atom is -0.394 e. The van der Waals surface area contributed by atoms with E-state index in [4.69, 9.17) is 15.9 Å². The van der Waals surface area contributed by atoms with Crippen LogP contribution >= 0.6 is 0 Å². The third-order valence-electron chi connectivity index (χ3n) is 2.19. The fourth-order valence-electron chi connectivity index (χ4n) is 1.06. The highest BCUT2D eigenvalue weighted by atomic mass is 16.3. The van der Waals surface area contributed by atoms with E-state index < -0.39 is 5.54 Å². The molecule has 0 radical (unpaired) electrons. The lowest BCUT2D eigenvalue weighted by atomic mass is 10.1. The number of pyridine rings is 1. The molecule has 5 heteroatoms. The summed E-state index contributed by atoms with van der Waals surface area (Å²) in [6.45, 7) is 1.84. The van der Waals surface area contributed by atoms with E-state index in [2.05, 4.69) is 10.3 Å². The average Bonchev–Trinajstić information content (AvgIpc) is 2.30. The molecular weight excluding hydrogens is 194 g/mol. The lowest BCUT2D eigenvalue weighted by molar-refractivity contribution is 0.147. The van der Waals surface area contributed by atoms with Gasteiger partial charge in [-0.1, -0.05) is 6.07 Å². The second-order valence-electron chi connectivity index (χ2n) is 3.76. The molecule has 0 bridgehead atoms. The molecule has 0 aromatic carbocycles. The molecule has 0 aliphatic heterocycles. The molecule has 0 amide bonds. The number of aliphatic hydroxyl groups excluding tert-OH is 2. The van der Waals surface area contributed by atoms with Gasteiger partial charge in [0.15, 0.2) is 0 Å². The van der Waals surface area contributed by atoms with Gasteiger partial charge in [-0.25, -0.2) is 4.98 Å². The van der Waals surface area contributed by atoms with Gasteiger partial charge in [-0.05, 0) is 18.6 Å². The summed E-state index contributed by atoms with van der Waals surface area (Å²) in [4.78, 5) is 4.12. The topological polar surface area (TPSA) is 91.4 Å². The van der Waals surface area contributed by atoms with Crippen molar-refractivity contribution in [3.05, 3.63) is 23.9 Å². The van der Waals surface area contributed by atoms with Crippen LogP contribution < -0.4 is 11.1 Å². The highest BCUT2D eigenvalue weighted by molar-refractivity contribution is 5.38. The van der Waals surface area contributed by atoms with Crippen LogP contribution in [0, 0.1) is 0 Å². The minimum atomic E-state index is -0.753. The number of anilines is 1. The molecule has 0 saturated carbocycles. The molecule has 15 heavy (non-hydrogen) atoms. The quantitative estimate of drug-likeness (QED) is 0.536. The molecule has 5 nitrogen and oxygen atoms in total. The van der Waals surface area contributed by atoms with Crippen LogP contribution in [-0.4, -0.2) is 33.9 Å². The van der Waals surface area contributed by atoms with Crippen LogP contribution in [0.1, 0.15) is 12.5 Å². The van der Waals surface area contributed by atoms with Gasteiger partial charge < -0.3 is 21.3 Å². The third kappa shape index (κ3) is 3.16. The number of aliphatic hydroxyl groups is 2. The molecule has 1 aromatic rings. The average molecular weight is 211 g/mol. The van der Waals surface area contributed by atoms with Crippen molar-refractivity contribution in [1.82, 2.24) is 4.98 Å². The van der Waals surface area contributed by atoms with Gasteiger partial charge in [0.1, 0.15) is 5.82 Å². The van der Waals surface area contributed by atoms with Gasteiger partial charge in [0.05, 0.1) is 18.8 Å². The van der Waals surface area contributed by atoms with Gasteiger partial charge in [0.25, 0.3) is 0 Å². The fraction of sp³-hybridized carbons (Fsp3) is 0.500. The van der Waals surface area contributed by atoms with E-state index in [0.29, 0.717) is 12.4 Å². The molecule has 0 fully saturated rings. The zero-order valence-electron chi connectivity index (χ0n) is 8.77. The van der Waals surface area contributed by atoms with Crippen LogP contribution in [0.25, 0.3) is 0 Å². The van der Waals surface area contributed by atoms with Gasteiger partial charge in [-0.3, -0.25) is 0 Å². The van der Waals surface area contributed by atoms with Gasteiger partial charge in [-0.2, -0.15) is 0 Å². The summed E-state index contributed by atoms with van der Waals surface area (Å²) in [5.41, 5.74) is 5.63. The molecule has 0 saturated heterocycles. The third-order valence-corrected chi connectivity index (χ3v) is 2.19. The Balaban J connectivity index is 2.71. The Labute approximate surface area is 89.0 Å². The summed E-state index contributed by atoms with van der Waals surface area (Å²) < 4.78 is 0. The maximum absolute atomic E-state index is 9.08. The number of nitrogens with one attached hydrogen (secondary N) is 1. The summed E-state index contributed by atoms with van der Waals surface area (Å²) in [5.74, 6) is 0.609. The summed E-state index contributed by atoms with van der Waals surface area (Å²) >= 11 is 0. The van der Waals surface area contributed by atoms with E-state index in [9.17, 15) is 0 Å². The molecule has 1 heterocycles. The Kier molecular flexibility index (Phi) is 4.02. The van der Waals surface area contributed by atoms with E-state index >= 15 is 0 Å². The maximum Gasteiger partial charge on any atom is 0.126 e. The lowest BCUT2D eigenvalue weighted by Gasteiger charge is -2.26. The van der Waals surface area contributed by atoms with Crippen LogP contribution in [0.4, 0.5) is 5.82 Å². The number of hydrogen-bond acceptors (Lipinski definition) is 5. The highest BCUT2D eigenvalue weighted by Gasteiger charge is 2.21. The Morgan fingerprint density at radius 1 is 1.40 bits per heavy atom. The molecule has 0 aliphatic rings. The summed E-state index contributed by atoms with van der Waals surface area (Å²) in [6, 6.07) is 3.62. The second-order valence-corrected chi connectivity index (χ2v) is 3.76. The number of nitrogens with zero attached hydrogens (tertiary/aromatic N) is 1. The first-order valence-electron chi connectivity index (χ1n) is 4.78. The van der Waals surface area contributed by atoms with Gasteiger partial charge in [0.2, 0.25) is 0 Å². The number of nitrogens with two attached hydrogens (primary N) is 1. The second kappa shape index (κ2) is 5.06. The van der Waals surface area contributed by atoms with Gasteiger partial charge in [-0.15, -0.1) is 0 Å². The maximum atomic E-state index is 9.08. The van der Waals surface area contributed by atoms with Crippen LogP contribution in [0.2, 0.25) is 0 Å². The van der Waals surface area contributed by atoms with Gasteiger partial charge >= 0.3 is 0 Å². The molecule has 0 unspecified atom stereocenters. The first-order chi connectivity index (χ1) is 7.13. The van der Waals surface area contributed by atoms with Gasteiger partial charge in [0, 0.05) is 12.7 Å². The molecule has 1 rings (SSSR count). The molecule has 0 aliphatic carbocycles. The summed E-state index contributed by atoms with van der Waals surface area (Å²) in [6.07, 6.45) is 1.66. The molecule has 1 aromatic heterocycles. The van der Waals surface area contributed by atoms with Crippen molar-refractivity contribution in [2.75, 3.05) is 18.5 Å². The van der Waals surface area contributed by atoms with E-state index in [1.54, 1.807) is 19.2 Å². The Hall–Kier alpha value is -1.17.